The number of ether oxygens (including phenoxy) is 1. The van der Waals surface area contributed by atoms with E-state index in [4.69, 9.17) is 4.74 Å². The van der Waals surface area contributed by atoms with Gasteiger partial charge in [-0.25, -0.2) is 4.39 Å². The molecule has 6 rings (SSSR count). The molecule has 3 saturated heterocycles. The number of imide groups is 2. The van der Waals surface area contributed by atoms with Crippen molar-refractivity contribution in [3.8, 4) is 0 Å². The lowest BCUT2D eigenvalue weighted by Gasteiger charge is -2.40. The van der Waals surface area contributed by atoms with Gasteiger partial charge < -0.3 is 10.1 Å². The van der Waals surface area contributed by atoms with Gasteiger partial charge in [0.05, 0.1) is 22.3 Å². The second-order valence-corrected chi connectivity index (χ2v) is 12.3. The summed E-state index contributed by atoms with van der Waals surface area (Å²) in [5, 5.41) is 5.31. The number of fused-ring (bicyclic) bond motifs is 1. The van der Waals surface area contributed by atoms with E-state index in [0.29, 0.717) is 17.8 Å². The molecule has 2 aromatic rings. The van der Waals surface area contributed by atoms with Crippen molar-refractivity contribution >= 4 is 29.3 Å². The summed E-state index contributed by atoms with van der Waals surface area (Å²) in [5.74, 6) is -2.61. The molecule has 2 N–H and O–H groups in total. The highest BCUT2D eigenvalue weighted by molar-refractivity contribution is 6.25. The molecule has 4 aliphatic rings. The number of hydrogen-bond donors (Lipinski definition) is 2. The minimum atomic E-state index is -1.04. The van der Waals surface area contributed by atoms with Gasteiger partial charge in [-0.15, -0.1) is 0 Å². The van der Waals surface area contributed by atoms with E-state index in [2.05, 4.69) is 29.4 Å². The number of nitrogens with one attached hydrogen (secondary N) is 2. The smallest absolute Gasteiger partial charge is 0.264 e. The van der Waals surface area contributed by atoms with Crippen LogP contribution < -0.4 is 10.6 Å². The zero-order valence-corrected chi connectivity index (χ0v) is 23.4. The van der Waals surface area contributed by atoms with Gasteiger partial charge in [0.2, 0.25) is 11.8 Å². The Morgan fingerprint density at radius 2 is 1.80 bits per heavy atom. The maximum absolute atomic E-state index is 15.1. The van der Waals surface area contributed by atoms with Crippen molar-refractivity contribution in [1.82, 2.24) is 15.1 Å². The Bertz CT molecular complexity index is 1430. The molecule has 4 heterocycles. The molecule has 216 valence electrons. The molecule has 1 spiro atoms. The van der Waals surface area contributed by atoms with Crippen LogP contribution in [0.4, 0.5) is 10.1 Å². The van der Waals surface area contributed by atoms with Gasteiger partial charge in [0.15, 0.2) is 0 Å². The predicted octanol–water partition coefficient (Wildman–Crippen LogP) is 3.76. The third kappa shape index (κ3) is 5.26. The SMILES string of the molecule is CC1(C)CCC2(CCN(Cc3ccc(CNc4cccc5c4C(=O)N(C4CCC(=O)NC4=O)C5=O)c(F)c3)CC2)O1. The summed E-state index contributed by atoms with van der Waals surface area (Å²) in [6.07, 6.45) is 4.30. The molecule has 0 bridgehead atoms. The highest BCUT2D eigenvalue weighted by atomic mass is 19.1. The van der Waals surface area contributed by atoms with Gasteiger partial charge in [-0.1, -0.05) is 18.2 Å². The summed E-state index contributed by atoms with van der Waals surface area (Å²) >= 11 is 0. The Balaban J connectivity index is 1.09. The molecule has 0 aromatic heterocycles. The van der Waals surface area contributed by atoms with Crippen LogP contribution >= 0.6 is 0 Å². The number of likely N-dealkylation sites (tertiary alicyclic amines) is 1. The Morgan fingerprint density at radius 3 is 2.49 bits per heavy atom. The summed E-state index contributed by atoms with van der Waals surface area (Å²) < 4.78 is 21.5. The van der Waals surface area contributed by atoms with Gasteiger partial charge in [-0.05, 0) is 69.7 Å². The topological polar surface area (TPSA) is 108 Å². The van der Waals surface area contributed by atoms with Crippen molar-refractivity contribution in [1.29, 1.82) is 0 Å². The first-order chi connectivity index (χ1) is 19.5. The second kappa shape index (κ2) is 10.3. The average molecular weight is 563 g/mol. The number of halogens is 1. The van der Waals surface area contributed by atoms with E-state index in [1.807, 2.05) is 6.07 Å². The maximum atomic E-state index is 15.1. The Hall–Kier alpha value is -3.63. The zero-order chi connectivity index (χ0) is 28.9. The van der Waals surface area contributed by atoms with Gasteiger partial charge in [0, 0.05) is 43.9 Å². The first-order valence-corrected chi connectivity index (χ1v) is 14.3. The van der Waals surface area contributed by atoms with E-state index in [0.717, 1.165) is 49.2 Å². The van der Waals surface area contributed by atoms with Crippen LogP contribution in [0.15, 0.2) is 36.4 Å². The van der Waals surface area contributed by atoms with Gasteiger partial charge in [-0.3, -0.25) is 34.3 Å². The van der Waals surface area contributed by atoms with Crippen molar-refractivity contribution in [2.45, 2.75) is 82.7 Å². The van der Waals surface area contributed by atoms with Crippen LogP contribution in [0.1, 0.15) is 84.2 Å². The summed E-state index contributed by atoms with van der Waals surface area (Å²) in [4.78, 5) is 53.5. The summed E-state index contributed by atoms with van der Waals surface area (Å²) in [6, 6.07) is 9.02. The number of nitrogens with zero attached hydrogens (tertiary/aromatic N) is 2. The van der Waals surface area contributed by atoms with Crippen LogP contribution in [0.5, 0.6) is 0 Å². The van der Waals surface area contributed by atoms with Crippen LogP contribution in [0.3, 0.4) is 0 Å². The molecular weight excluding hydrogens is 527 g/mol. The molecule has 41 heavy (non-hydrogen) atoms. The number of benzene rings is 2. The van der Waals surface area contributed by atoms with Crippen LogP contribution in [-0.4, -0.2) is 63.8 Å². The van der Waals surface area contributed by atoms with Crippen molar-refractivity contribution in [3.63, 3.8) is 0 Å². The lowest BCUT2D eigenvalue weighted by Crippen LogP contribution is -2.54. The van der Waals surface area contributed by atoms with Gasteiger partial charge in [0.1, 0.15) is 11.9 Å². The summed E-state index contributed by atoms with van der Waals surface area (Å²) in [7, 11) is 0. The quantitative estimate of drug-likeness (QED) is 0.516. The molecular formula is C31H35FN4O5. The Kier molecular flexibility index (Phi) is 6.94. The van der Waals surface area contributed by atoms with Crippen molar-refractivity contribution < 1.29 is 28.3 Å². The van der Waals surface area contributed by atoms with E-state index < -0.39 is 29.7 Å². The third-order valence-electron chi connectivity index (χ3n) is 8.90. The molecule has 2 aromatic carbocycles. The summed E-state index contributed by atoms with van der Waals surface area (Å²) in [6.45, 7) is 6.94. The molecule has 3 fully saturated rings. The average Bonchev–Trinajstić information content (AvgIpc) is 3.37. The molecule has 0 aliphatic carbocycles. The first-order valence-electron chi connectivity index (χ1n) is 14.3. The minimum absolute atomic E-state index is 0.0106. The number of amides is 4. The van der Waals surface area contributed by atoms with E-state index in [9.17, 15) is 19.2 Å². The van der Waals surface area contributed by atoms with Crippen LogP contribution in [0, 0.1) is 5.82 Å². The molecule has 1 atom stereocenters. The fourth-order valence-corrected chi connectivity index (χ4v) is 6.63. The van der Waals surface area contributed by atoms with Crippen molar-refractivity contribution in [2.75, 3.05) is 18.4 Å². The zero-order valence-electron chi connectivity index (χ0n) is 23.4. The van der Waals surface area contributed by atoms with E-state index in [-0.39, 0.29) is 47.5 Å². The number of anilines is 1. The molecule has 4 amide bonds. The van der Waals surface area contributed by atoms with Gasteiger partial charge in [-0.2, -0.15) is 0 Å². The number of rotatable bonds is 6. The lowest BCUT2D eigenvalue weighted by molar-refractivity contribution is -0.136. The fourth-order valence-electron chi connectivity index (χ4n) is 6.63. The second-order valence-electron chi connectivity index (χ2n) is 12.3. The van der Waals surface area contributed by atoms with Gasteiger partial charge >= 0.3 is 0 Å². The van der Waals surface area contributed by atoms with Crippen molar-refractivity contribution in [3.05, 3.63) is 64.5 Å². The maximum Gasteiger partial charge on any atom is 0.264 e. The highest BCUT2D eigenvalue weighted by Gasteiger charge is 2.46. The van der Waals surface area contributed by atoms with Crippen LogP contribution in [-0.2, 0) is 27.4 Å². The molecule has 9 nitrogen and oxygen atoms in total. The first kappa shape index (κ1) is 27.5. The highest BCUT2D eigenvalue weighted by Crippen LogP contribution is 2.43. The number of hydrogen-bond acceptors (Lipinski definition) is 7. The number of carbonyl (C=O) groups excluding carboxylic acids is 4. The normalized spacial score (nSPS) is 23.7. The molecule has 10 heteroatoms. The van der Waals surface area contributed by atoms with Crippen molar-refractivity contribution in [2.24, 2.45) is 0 Å². The van der Waals surface area contributed by atoms with Crippen LogP contribution in [0.2, 0.25) is 0 Å². The van der Waals surface area contributed by atoms with Crippen LogP contribution in [0.25, 0.3) is 0 Å². The summed E-state index contributed by atoms with van der Waals surface area (Å²) in [5.41, 5.74) is 1.99. The standard InChI is InChI=1S/C31H35FN4O5/c1-30(2)10-11-31(41-30)12-14-35(15-13-31)18-19-6-7-20(22(32)16-19)17-33-23-5-3-4-21-26(23)29(40)36(28(21)39)24-8-9-25(37)34-27(24)38/h3-7,16,24,33H,8-15,17-18H2,1-2H3,(H,34,37,38). The monoisotopic (exact) mass is 562 g/mol. The molecule has 0 radical (unpaired) electrons. The van der Waals surface area contributed by atoms with Gasteiger partial charge in [0.25, 0.3) is 11.8 Å². The van der Waals surface area contributed by atoms with E-state index >= 15 is 4.39 Å². The Morgan fingerprint density at radius 1 is 1.02 bits per heavy atom. The number of carbonyl (C=O) groups is 4. The Labute approximate surface area is 238 Å². The largest absolute Gasteiger partial charge is 0.380 e. The van der Waals surface area contributed by atoms with E-state index in [1.54, 1.807) is 24.3 Å². The van der Waals surface area contributed by atoms with E-state index in [1.165, 1.54) is 6.07 Å². The molecule has 4 aliphatic heterocycles. The number of piperidine rings is 2. The third-order valence-corrected chi connectivity index (χ3v) is 8.90. The molecule has 0 saturated carbocycles. The molecule has 1 unspecified atom stereocenters. The minimum Gasteiger partial charge on any atom is -0.380 e. The lowest BCUT2D eigenvalue weighted by atomic mass is 9.88. The fraction of sp³-hybridized carbons (Fsp3) is 0.484. The predicted molar refractivity (Wildman–Crippen MR) is 148 cm³/mol.